The van der Waals surface area contributed by atoms with Crippen molar-refractivity contribution in [1.29, 1.82) is 0 Å². The number of imidazole rings is 1. The van der Waals surface area contributed by atoms with Crippen LogP contribution in [0.5, 0.6) is 0 Å². The van der Waals surface area contributed by atoms with Gasteiger partial charge >= 0.3 is 0 Å². The Hall–Kier alpha value is -2.81. The molecule has 0 aliphatic rings. The average molecular weight is 401 g/mol. The fraction of sp³-hybridized carbons (Fsp3) is 0.368. The van der Waals surface area contributed by atoms with E-state index in [-0.39, 0.29) is 5.56 Å². The van der Waals surface area contributed by atoms with E-state index in [9.17, 15) is 4.79 Å². The number of aryl methyl sites for hydroxylation is 2. The molecule has 0 amide bonds. The molecular weight excluding hydrogens is 376 g/mol. The second kappa shape index (κ2) is 10.5. The first-order valence-electron chi connectivity index (χ1n) is 9.15. The predicted molar refractivity (Wildman–Crippen MR) is 110 cm³/mol. The van der Waals surface area contributed by atoms with Gasteiger partial charge in [0.15, 0.2) is 0 Å². The summed E-state index contributed by atoms with van der Waals surface area (Å²) in [6, 6.07) is 5.33. The number of aromatic amines is 1. The summed E-state index contributed by atoms with van der Waals surface area (Å²) < 4.78 is 1.23. The molecule has 0 aromatic carbocycles. The maximum absolute atomic E-state index is 12.1. The summed E-state index contributed by atoms with van der Waals surface area (Å²) in [6.07, 6.45) is 8.41. The molecule has 0 spiro atoms. The zero-order valence-corrected chi connectivity index (χ0v) is 16.6. The molecule has 9 heteroatoms. The van der Waals surface area contributed by atoms with Crippen molar-refractivity contribution < 1.29 is 4.84 Å². The van der Waals surface area contributed by atoms with Gasteiger partial charge in [0.1, 0.15) is 6.61 Å². The highest BCUT2D eigenvalue weighted by Crippen LogP contribution is 2.12. The molecule has 3 aromatic rings. The molecule has 148 valence electrons. The minimum absolute atomic E-state index is 0.237. The van der Waals surface area contributed by atoms with Gasteiger partial charge in [0.25, 0.3) is 5.56 Å². The monoisotopic (exact) mass is 400 g/mol. The average Bonchev–Trinajstić information content (AvgIpc) is 3.12. The van der Waals surface area contributed by atoms with Gasteiger partial charge in [-0.2, -0.15) is 11.8 Å². The SMILES string of the molecule is Cc1[nH]cnc1CSCCNc1nccc(=O)n1OCCCc1cccnc1. The van der Waals surface area contributed by atoms with E-state index in [0.717, 1.165) is 41.3 Å². The summed E-state index contributed by atoms with van der Waals surface area (Å²) in [5.41, 5.74) is 3.07. The van der Waals surface area contributed by atoms with Gasteiger partial charge in [0.2, 0.25) is 5.95 Å². The number of nitrogens with zero attached hydrogens (tertiary/aromatic N) is 4. The van der Waals surface area contributed by atoms with Gasteiger partial charge in [-0.25, -0.2) is 9.97 Å². The number of H-pyrrole nitrogens is 1. The minimum Gasteiger partial charge on any atom is -0.407 e. The number of thioether (sulfide) groups is 1. The molecule has 0 fully saturated rings. The van der Waals surface area contributed by atoms with Crippen LogP contribution >= 0.6 is 11.8 Å². The molecule has 3 heterocycles. The highest BCUT2D eigenvalue weighted by molar-refractivity contribution is 7.98. The van der Waals surface area contributed by atoms with Crippen LogP contribution in [0.4, 0.5) is 5.95 Å². The third-order valence-electron chi connectivity index (χ3n) is 4.06. The molecule has 0 unspecified atom stereocenters. The lowest BCUT2D eigenvalue weighted by atomic mass is 10.2. The van der Waals surface area contributed by atoms with E-state index in [0.29, 0.717) is 19.1 Å². The molecule has 0 saturated carbocycles. The predicted octanol–water partition coefficient (Wildman–Crippen LogP) is 2.08. The normalized spacial score (nSPS) is 10.8. The van der Waals surface area contributed by atoms with Crippen molar-refractivity contribution in [2.75, 3.05) is 24.2 Å². The van der Waals surface area contributed by atoms with E-state index in [1.165, 1.54) is 17.0 Å². The van der Waals surface area contributed by atoms with Crippen LogP contribution in [0.15, 0.2) is 47.9 Å². The molecule has 0 saturated heterocycles. The second-order valence-corrected chi connectivity index (χ2v) is 7.26. The Morgan fingerprint density at radius 3 is 3.00 bits per heavy atom. The minimum atomic E-state index is -0.237. The fourth-order valence-electron chi connectivity index (χ4n) is 2.55. The lowest BCUT2D eigenvalue weighted by Crippen LogP contribution is -2.30. The van der Waals surface area contributed by atoms with Crippen molar-refractivity contribution >= 4 is 17.7 Å². The number of aromatic nitrogens is 5. The Bertz CT molecular complexity index is 912. The van der Waals surface area contributed by atoms with Crippen LogP contribution in [0, 0.1) is 6.92 Å². The second-order valence-electron chi connectivity index (χ2n) is 6.15. The molecule has 8 nitrogen and oxygen atoms in total. The third-order valence-corrected chi connectivity index (χ3v) is 5.03. The van der Waals surface area contributed by atoms with Crippen LogP contribution in [0.1, 0.15) is 23.4 Å². The van der Waals surface area contributed by atoms with Gasteiger partial charge in [-0.1, -0.05) is 6.07 Å². The van der Waals surface area contributed by atoms with Gasteiger partial charge in [0, 0.05) is 48.4 Å². The first-order chi connectivity index (χ1) is 13.7. The molecule has 0 radical (unpaired) electrons. The molecule has 0 aliphatic heterocycles. The fourth-order valence-corrected chi connectivity index (χ4v) is 3.43. The summed E-state index contributed by atoms with van der Waals surface area (Å²) >= 11 is 1.77. The number of rotatable bonds is 11. The molecule has 0 aliphatic carbocycles. The maximum Gasteiger partial charge on any atom is 0.288 e. The van der Waals surface area contributed by atoms with Crippen molar-refractivity contribution in [3.8, 4) is 0 Å². The Morgan fingerprint density at radius 1 is 1.29 bits per heavy atom. The first kappa shape index (κ1) is 19.9. The van der Waals surface area contributed by atoms with Crippen LogP contribution in [-0.4, -0.2) is 43.6 Å². The summed E-state index contributed by atoms with van der Waals surface area (Å²) in [4.78, 5) is 33.5. The highest BCUT2D eigenvalue weighted by Gasteiger charge is 2.06. The largest absolute Gasteiger partial charge is 0.407 e. The van der Waals surface area contributed by atoms with Crippen LogP contribution < -0.4 is 15.7 Å². The number of anilines is 1. The van der Waals surface area contributed by atoms with Crippen molar-refractivity contribution in [3.05, 3.63) is 70.4 Å². The first-order valence-corrected chi connectivity index (χ1v) is 10.3. The quantitative estimate of drug-likeness (QED) is 0.476. The lowest BCUT2D eigenvalue weighted by Gasteiger charge is -2.13. The zero-order chi connectivity index (χ0) is 19.6. The summed E-state index contributed by atoms with van der Waals surface area (Å²) in [5.74, 6) is 2.13. The number of nitrogens with one attached hydrogen (secondary N) is 2. The van der Waals surface area contributed by atoms with Crippen molar-refractivity contribution in [3.63, 3.8) is 0 Å². The van der Waals surface area contributed by atoms with Gasteiger partial charge in [-0.05, 0) is 31.4 Å². The highest BCUT2D eigenvalue weighted by atomic mass is 32.2. The third kappa shape index (κ3) is 5.85. The van der Waals surface area contributed by atoms with Gasteiger partial charge in [0.05, 0.1) is 12.0 Å². The van der Waals surface area contributed by atoms with E-state index in [1.54, 1.807) is 24.3 Å². The number of pyridine rings is 1. The lowest BCUT2D eigenvalue weighted by molar-refractivity contribution is 0.102. The Kier molecular flexibility index (Phi) is 7.48. The van der Waals surface area contributed by atoms with Crippen LogP contribution in [-0.2, 0) is 12.2 Å². The van der Waals surface area contributed by atoms with Crippen molar-refractivity contribution in [2.24, 2.45) is 0 Å². The topological polar surface area (TPSA) is 97.7 Å². The molecule has 28 heavy (non-hydrogen) atoms. The smallest absolute Gasteiger partial charge is 0.288 e. The Labute approximate surface area is 167 Å². The number of hydrogen-bond donors (Lipinski definition) is 2. The van der Waals surface area contributed by atoms with Crippen molar-refractivity contribution in [1.82, 2.24) is 24.7 Å². The van der Waals surface area contributed by atoms with Crippen molar-refractivity contribution in [2.45, 2.75) is 25.5 Å². The van der Waals surface area contributed by atoms with E-state index < -0.39 is 0 Å². The van der Waals surface area contributed by atoms with E-state index in [1.807, 2.05) is 25.3 Å². The molecule has 3 rings (SSSR count). The molecular formula is C19H24N6O2S. The summed E-state index contributed by atoms with van der Waals surface area (Å²) in [5, 5.41) is 3.18. The zero-order valence-electron chi connectivity index (χ0n) is 15.8. The maximum atomic E-state index is 12.1. The molecule has 0 atom stereocenters. The van der Waals surface area contributed by atoms with Crippen LogP contribution in [0.3, 0.4) is 0 Å². The van der Waals surface area contributed by atoms with E-state index in [2.05, 4.69) is 25.3 Å². The standard InChI is InChI=1S/C19H24N6O2S/c1-15-17(24-14-23-15)13-28-11-9-22-19-21-8-6-18(26)25(19)27-10-3-5-16-4-2-7-20-12-16/h2,4,6-8,12,14H,3,5,9-11,13H2,1H3,(H,21,22)(H,23,24). The Balaban J connectivity index is 1.43. The number of hydrogen-bond acceptors (Lipinski definition) is 7. The summed E-state index contributed by atoms with van der Waals surface area (Å²) in [6.45, 7) is 3.10. The van der Waals surface area contributed by atoms with Gasteiger partial charge in [-0.3, -0.25) is 9.78 Å². The molecule has 2 N–H and O–H groups in total. The van der Waals surface area contributed by atoms with E-state index >= 15 is 0 Å². The van der Waals surface area contributed by atoms with Gasteiger partial charge < -0.3 is 15.1 Å². The molecule has 0 bridgehead atoms. The van der Waals surface area contributed by atoms with Crippen LogP contribution in [0.2, 0.25) is 0 Å². The molecule has 3 aromatic heterocycles. The van der Waals surface area contributed by atoms with Crippen LogP contribution in [0.25, 0.3) is 0 Å². The van der Waals surface area contributed by atoms with Gasteiger partial charge in [-0.15, -0.1) is 4.73 Å². The van der Waals surface area contributed by atoms with E-state index in [4.69, 9.17) is 4.84 Å². The Morgan fingerprint density at radius 2 is 2.21 bits per heavy atom. The summed E-state index contributed by atoms with van der Waals surface area (Å²) in [7, 11) is 0.